The molecule has 0 atom stereocenters. The molecule has 1 aliphatic heterocycles. The third-order valence-electron chi connectivity index (χ3n) is 3.68. The molecule has 3 N–H and O–H groups in total. The number of H-pyrrole nitrogens is 1. The summed E-state index contributed by atoms with van der Waals surface area (Å²) in [6, 6.07) is 12.5. The van der Waals surface area contributed by atoms with Gasteiger partial charge in [0.05, 0.1) is 17.2 Å². The molecule has 7 heteroatoms. The molecule has 0 radical (unpaired) electrons. The molecule has 7 nitrogen and oxygen atoms in total. The number of hydrogen-bond acceptors (Lipinski definition) is 5. The molecule has 0 aliphatic carbocycles. The lowest BCUT2D eigenvalue weighted by atomic mass is 10.2. The van der Waals surface area contributed by atoms with Crippen molar-refractivity contribution in [1.82, 2.24) is 4.98 Å². The molecule has 1 aromatic carbocycles. The first-order valence-electron chi connectivity index (χ1n) is 7.18. The SMILES string of the molecule is N=C1c2c(O)[nH]c(=O)/c(=C/c3ccco3)c2=NN1c1ccccc1. The predicted molar refractivity (Wildman–Crippen MR) is 87.5 cm³/mol. The largest absolute Gasteiger partial charge is 0.494 e. The van der Waals surface area contributed by atoms with Gasteiger partial charge in [0, 0.05) is 0 Å². The minimum Gasteiger partial charge on any atom is -0.494 e. The number of aromatic hydroxyl groups is 1. The predicted octanol–water partition coefficient (Wildman–Crippen LogP) is 0.882. The second kappa shape index (κ2) is 5.24. The second-order valence-electron chi connectivity index (χ2n) is 5.20. The Balaban J connectivity index is 2.01. The van der Waals surface area contributed by atoms with E-state index in [1.807, 2.05) is 18.2 Å². The zero-order valence-electron chi connectivity index (χ0n) is 12.4. The van der Waals surface area contributed by atoms with Crippen molar-refractivity contribution in [1.29, 1.82) is 5.41 Å². The van der Waals surface area contributed by atoms with E-state index in [0.29, 0.717) is 11.4 Å². The van der Waals surface area contributed by atoms with E-state index < -0.39 is 5.56 Å². The van der Waals surface area contributed by atoms with Gasteiger partial charge in [-0.1, -0.05) is 18.2 Å². The lowest BCUT2D eigenvalue weighted by molar-refractivity contribution is 0.449. The molecule has 0 bridgehead atoms. The number of para-hydroxylation sites is 1. The Morgan fingerprint density at radius 3 is 2.71 bits per heavy atom. The first-order chi connectivity index (χ1) is 11.6. The summed E-state index contributed by atoms with van der Waals surface area (Å²) in [6.07, 6.45) is 3.03. The molecule has 4 rings (SSSR count). The molecule has 0 saturated carbocycles. The topological polar surface area (TPSA) is 106 Å². The molecule has 0 unspecified atom stereocenters. The quantitative estimate of drug-likeness (QED) is 0.652. The van der Waals surface area contributed by atoms with Crippen LogP contribution < -0.4 is 21.1 Å². The van der Waals surface area contributed by atoms with E-state index >= 15 is 0 Å². The number of furan rings is 1. The Morgan fingerprint density at radius 2 is 2.00 bits per heavy atom. The van der Waals surface area contributed by atoms with Crippen molar-refractivity contribution in [2.24, 2.45) is 5.10 Å². The van der Waals surface area contributed by atoms with E-state index in [4.69, 9.17) is 9.83 Å². The number of nitrogens with zero attached hydrogens (tertiary/aromatic N) is 2. The number of benzene rings is 1. The summed E-state index contributed by atoms with van der Waals surface area (Å²) < 4.78 is 5.24. The molecule has 24 heavy (non-hydrogen) atoms. The van der Waals surface area contributed by atoms with Crippen LogP contribution in [0.4, 0.5) is 5.69 Å². The number of aromatic amines is 1. The lowest BCUT2D eigenvalue weighted by Crippen LogP contribution is -2.42. The molecule has 3 heterocycles. The van der Waals surface area contributed by atoms with Gasteiger partial charge in [-0.15, -0.1) is 0 Å². The van der Waals surface area contributed by atoms with Crippen LogP contribution in [0.5, 0.6) is 5.88 Å². The number of anilines is 1. The van der Waals surface area contributed by atoms with Crippen molar-refractivity contribution >= 4 is 17.6 Å². The maximum absolute atomic E-state index is 12.2. The summed E-state index contributed by atoms with van der Waals surface area (Å²) in [7, 11) is 0. The highest BCUT2D eigenvalue weighted by molar-refractivity contribution is 6.10. The normalized spacial score (nSPS) is 13.9. The Hall–Kier alpha value is -3.61. The van der Waals surface area contributed by atoms with Crippen LogP contribution in [0.1, 0.15) is 11.3 Å². The number of hydrogen-bond donors (Lipinski definition) is 3. The van der Waals surface area contributed by atoms with Gasteiger partial charge in [-0.2, -0.15) is 5.10 Å². The zero-order chi connectivity index (χ0) is 16.7. The van der Waals surface area contributed by atoms with E-state index in [0.717, 1.165) is 0 Å². The van der Waals surface area contributed by atoms with E-state index in [9.17, 15) is 9.90 Å². The summed E-state index contributed by atoms with van der Waals surface area (Å²) in [5.41, 5.74) is 0.333. The summed E-state index contributed by atoms with van der Waals surface area (Å²) in [5.74, 6) is 0.0890. The smallest absolute Gasteiger partial charge is 0.260 e. The van der Waals surface area contributed by atoms with E-state index in [1.54, 1.807) is 24.3 Å². The van der Waals surface area contributed by atoms with E-state index in [1.165, 1.54) is 17.3 Å². The first-order valence-corrected chi connectivity index (χ1v) is 7.18. The number of rotatable bonds is 2. The van der Waals surface area contributed by atoms with Gasteiger partial charge in [-0.05, 0) is 30.3 Å². The number of aromatic nitrogens is 1. The van der Waals surface area contributed by atoms with Gasteiger partial charge in [-0.3, -0.25) is 15.2 Å². The summed E-state index contributed by atoms with van der Waals surface area (Å²) in [6.45, 7) is 0. The van der Waals surface area contributed by atoms with Crippen molar-refractivity contribution in [2.45, 2.75) is 0 Å². The van der Waals surface area contributed by atoms with Crippen LogP contribution >= 0.6 is 0 Å². The highest BCUT2D eigenvalue weighted by Crippen LogP contribution is 2.21. The molecule has 0 spiro atoms. The Labute approximate surface area is 135 Å². The van der Waals surface area contributed by atoms with E-state index in [2.05, 4.69) is 10.1 Å². The Kier molecular flexibility index (Phi) is 3.06. The molecule has 0 amide bonds. The van der Waals surface area contributed by atoms with Crippen molar-refractivity contribution in [2.75, 3.05) is 5.01 Å². The number of amidine groups is 1. The standard InChI is InChI=1S/C17H12N4O3/c18-15-13-14(20-21(15)10-5-2-1-3-6-10)12(16(22)19-17(13)23)9-11-7-4-8-24-11/h1-9,18,23H,(H,19,22)/b12-9+,18-15?. The van der Waals surface area contributed by atoms with E-state index in [-0.39, 0.29) is 27.9 Å². The number of fused-ring (bicyclic) bond motifs is 1. The average Bonchev–Trinajstić information content (AvgIpc) is 3.20. The fourth-order valence-corrected chi connectivity index (χ4v) is 2.58. The van der Waals surface area contributed by atoms with Crippen LogP contribution in [0, 0.1) is 5.41 Å². The molecule has 2 aromatic heterocycles. The van der Waals surface area contributed by atoms with Crippen molar-refractivity contribution in [3.05, 3.63) is 81.0 Å². The third-order valence-corrected chi connectivity index (χ3v) is 3.68. The number of pyridine rings is 1. The van der Waals surface area contributed by atoms with Gasteiger partial charge >= 0.3 is 0 Å². The second-order valence-corrected chi connectivity index (χ2v) is 5.20. The van der Waals surface area contributed by atoms with Gasteiger partial charge in [0.1, 0.15) is 16.7 Å². The molecular weight excluding hydrogens is 308 g/mol. The molecular formula is C17H12N4O3. The minimum atomic E-state index is -0.505. The molecule has 118 valence electrons. The fourth-order valence-electron chi connectivity index (χ4n) is 2.58. The van der Waals surface area contributed by atoms with Crippen LogP contribution in [-0.2, 0) is 0 Å². The molecule has 1 aliphatic rings. The third kappa shape index (κ3) is 2.11. The summed E-state index contributed by atoms with van der Waals surface area (Å²) in [4.78, 5) is 14.6. The Bertz CT molecular complexity index is 1100. The van der Waals surface area contributed by atoms with Gasteiger partial charge in [-0.25, -0.2) is 5.01 Å². The molecule has 0 saturated heterocycles. The maximum Gasteiger partial charge on any atom is 0.260 e. The highest BCUT2D eigenvalue weighted by atomic mass is 16.3. The lowest BCUT2D eigenvalue weighted by Gasteiger charge is -2.13. The van der Waals surface area contributed by atoms with Crippen molar-refractivity contribution in [3.8, 4) is 5.88 Å². The molecule has 3 aromatic rings. The monoisotopic (exact) mass is 320 g/mol. The number of nitrogens with one attached hydrogen (secondary N) is 2. The molecule has 0 fully saturated rings. The highest BCUT2D eigenvalue weighted by Gasteiger charge is 2.26. The van der Waals surface area contributed by atoms with Crippen molar-refractivity contribution in [3.63, 3.8) is 0 Å². The van der Waals surface area contributed by atoms with Gasteiger partial charge in [0.25, 0.3) is 5.56 Å². The maximum atomic E-state index is 12.2. The fraction of sp³-hybridized carbons (Fsp3) is 0. The van der Waals surface area contributed by atoms with Crippen LogP contribution in [-0.4, -0.2) is 15.9 Å². The van der Waals surface area contributed by atoms with Crippen molar-refractivity contribution < 1.29 is 9.52 Å². The first kappa shape index (κ1) is 14.0. The van der Waals surface area contributed by atoms with Crippen LogP contribution in [0.15, 0.2) is 63.0 Å². The Morgan fingerprint density at radius 1 is 1.21 bits per heavy atom. The van der Waals surface area contributed by atoms with Crippen LogP contribution in [0.2, 0.25) is 0 Å². The summed E-state index contributed by atoms with van der Waals surface area (Å²) >= 11 is 0. The minimum absolute atomic E-state index is 0.0148. The average molecular weight is 320 g/mol. The zero-order valence-corrected chi connectivity index (χ0v) is 12.4. The van der Waals surface area contributed by atoms with Crippen LogP contribution in [0.25, 0.3) is 6.08 Å². The van der Waals surface area contributed by atoms with Crippen LogP contribution in [0.3, 0.4) is 0 Å². The summed E-state index contributed by atoms with van der Waals surface area (Å²) in [5, 5.41) is 24.6. The van der Waals surface area contributed by atoms with Gasteiger partial charge in [0.15, 0.2) is 5.84 Å². The van der Waals surface area contributed by atoms with Gasteiger partial charge in [0.2, 0.25) is 5.88 Å². The van der Waals surface area contributed by atoms with Gasteiger partial charge < -0.3 is 9.52 Å².